The number of carbonyl (C=O) groups is 6. The van der Waals surface area contributed by atoms with Gasteiger partial charge >= 0.3 is 36.6 Å². The third-order valence-corrected chi connectivity index (χ3v) is 10.2. The van der Waals surface area contributed by atoms with Crippen molar-refractivity contribution in [1.29, 1.82) is 0 Å². The second-order valence-corrected chi connectivity index (χ2v) is 14.9. The van der Waals surface area contributed by atoms with E-state index in [4.69, 9.17) is 42.6 Å². The minimum Gasteiger partial charge on any atom is -0.481 e. The molecule has 1 fully saturated rings. The zero-order valence-electron chi connectivity index (χ0n) is 35.8. The molecule has 368 valence electrons. The number of non-ortho nitro benzene ring substituents is 4. The first-order valence-electron chi connectivity index (χ1n) is 20.0. The molecular weight excluding hydrogens is 944 g/mol. The number of hydrogen-bond acceptors (Lipinski definition) is 23. The Hall–Kier alpha value is -9.50. The van der Waals surface area contributed by atoms with Crippen LogP contribution in [0.15, 0.2) is 97.1 Å². The number of hydrogen-bond donors (Lipinski definition) is 1. The lowest BCUT2D eigenvalue weighted by molar-refractivity contribution is -0.385. The fraction of sp³-hybridized carbons (Fsp3) is 0.286. The van der Waals surface area contributed by atoms with Gasteiger partial charge in [-0.3, -0.25) is 50.0 Å². The van der Waals surface area contributed by atoms with Gasteiger partial charge < -0.3 is 47.7 Å². The quantitative estimate of drug-likeness (QED) is 0.0296. The molecule has 1 aliphatic carbocycles. The Labute approximate surface area is 391 Å². The van der Waals surface area contributed by atoms with Gasteiger partial charge in [0.05, 0.1) is 43.4 Å². The van der Waals surface area contributed by atoms with Crippen LogP contribution in [0, 0.1) is 51.3 Å². The van der Waals surface area contributed by atoms with E-state index >= 15 is 0 Å². The summed E-state index contributed by atoms with van der Waals surface area (Å²) >= 11 is 0. The molecule has 1 saturated carbocycles. The molecule has 0 aliphatic heterocycles. The third-order valence-electron chi connectivity index (χ3n) is 10.2. The largest absolute Gasteiger partial charge is 0.513 e. The number of rotatable bonds is 20. The first-order valence-corrected chi connectivity index (χ1v) is 20.0. The maximum absolute atomic E-state index is 13.6. The van der Waals surface area contributed by atoms with Crippen molar-refractivity contribution < 1.29 is 96.2 Å². The molecule has 0 bridgehead atoms. The number of nitrogens with zero attached hydrogens (tertiary/aromatic N) is 4. The summed E-state index contributed by atoms with van der Waals surface area (Å²) in [5.41, 5.74) is -5.50. The molecule has 28 nitrogen and oxygen atoms in total. The fourth-order valence-corrected chi connectivity index (χ4v) is 6.89. The van der Waals surface area contributed by atoms with Crippen LogP contribution in [0.25, 0.3) is 0 Å². The zero-order chi connectivity index (χ0) is 51.0. The Bertz CT molecular complexity index is 2290. The van der Waals surface area contributed by atoms with Gasteiger partial charge in [0, 0.05) is 48.5 Å². The molecule has 0 spiro atoms. The van der Waals surface area contributed by atoms with Crippen LogP contribution in [0.5, 0.6) is 23.0 Å². The summed E-state index contributed by atoms with van der Waals surface area (Å²) in [6.45, 7) is -3.77. The van der Waals surface area contributed by atoms with Crippen molar-refractivity contribution in [1.82, 2.24) is 0 Å². The molecule has 28 heteroatoms. The highest BCUT2D eigenvalue weighted by Gasteiger charge is 2.59. The van der Waals surface area contributed by atoms with Crippen molar-refractivity contribution >= 4 is 59.3 Å². The summed E-state index contributed by atoms with van der Waals surface area (Å²) < 4.78 is 48.6. The van der Waals surface area contributed by atoms with E-state index in [1.807, 2.05) is 0 Å². The Balaban J connectivity index is 1.53. The number of carboxylic acid groups (broad SMARTS) is 1. The average molecular weight is 981 g/mol. The standard InChI is InChI=1S/C42H36N4O24/c47-34(48)18-19-35(49)70-36-41(22-62-37(50)66-30-10-2-26(3-11-30)43(54)55,23-63-38(51)67-31-12-4-27(5-13-31)44(56)57)20-1-21-42(36,24-64-39(52)68-32-14-6-28(7-15-32)45(58)59)25-65-40(53)69-33-16-8-29(9-17-33)46(60)61/h2-17,36H,1,18-25H2,(H,47,48). The number of aliphatic carboxylic acids is 1. The van der Waals surface area contributed by atoms with Gasteiger partial charge in [-0.1, -0.05) is 6.42 Å². The number of esters is 1. The molecule has 1 aliphatic rings. The summed E-state index contributed by atoms with van der Waals surface area (Å²) in [6, 6.07) is 16.6. The molecule has 0 amide bonds. The van der Waals surface area contributed by atoms with Crippen LogP contribution in [0.2, 0.25) is 0 Å². The number of nitro benzene ring substituents is 4. The molecule has 0 aromatic heterocycles. The van der Waals surface area contributed by atoms with Gasteiger partial charge in [-0.2, -0.15) is 0 Å². The number of carboxylic acids is 1. The molecule has 0 atom stereocenters. The van der Waals surface area contributed by atoms with Crippen molar-refractivity contribution in [3.63, 3.8) is 0 Å². The van der Waals surface area contributed by atoms with Crippen molar-refractivity contribution in [2.75, 3.05) is 26.4 Å². The monoisotopic (exact) mass is 980 g/mol. The summed E-state index contributed by atoms with van der Waals surface area (Å²) in [7, 11) is 0. The topological polar surface area (TPSA) is 378 Å². The fourth-order valence-electron chi connectivity index (χ4n) is 6.89. The van der Waals surface area contributed by atoms with Crippen LogP contribution in [-0.2, 0) is 33.3 Å². The van der Waals surface area contributed by atoms with Crippen molar-refractivity contribution in [3.05, 3.63) is 138 Å². The van der Waals surface area contributed by atoms with Crippen LogP contribution < -0.4 is 18.9 Å². The number of carbonyl (C=O) groups excluding carboxylic acids is 5. The molecule has 4 aromatic rings. The van der Waals surface area contributed by atoms with Crippen molar-refractivity contribution in [2.24, 2.45) is 10.8 Å². The first kappa shape index (κ1) is 51.5. The first-order chi connectivity index (χ1) is 33.3. The zero-order valence-corrected chi connectivity index (χ0v) is 35.8. The molecular formula is C42H36N4O24. The molecule has 1 N–H and O–H groups in total. The van der Waals surface area contributed by atoms with E-state index in [1.54, 1.807) is 0 Å². The van der Waals surface area contributed by atoms with Crippen LogP contribution in [0.4, 0.5) is 41.9 Å². The SMILES string of the molecule is O=C(O)CCC(=O)OC1C(COC(=O)Oc2ccc([N+](=O)[O-])cc2)(COC(=O)Oc2ccc([N+](=O)[O-])cc2)CCCC1(COC(=O)Oc1ccc([N+](=O)[O-])cc1)COC(=O)Oc1ccc([N+](=O)[O-])cc1. The van der Waals surface area contributed by atoms with E-state index in [9.17, 15) is 74.3 Å². The van der Waals surface area contributed by atoms with Crippen molar-refractivity contribution in [2.45, 2.75) is 38.2 Å². The molecule has 4 aromatic carbocycles. The predicted molar refractivity (Wildman–Crippen MR) is 226 cm³/mol. The summed E-state index contributed by atoms with van der Waals surface area (Å²) in [5.74, 6) is -3.68. The molecule has 0 heterocycles. The Morgan fingerprint density at radius 1 is 0.457 bits per heavy atom. The van der Waals surface area contributed by atoms with Crippen LogP contribution in [0.1, 0.15) is 32.1 Å². The van der Waals surface area contributed by atoms with Gasteiger partial charge in [0.15, 0.2) is 0 Å². The van der Waals surface area contributed by atoms with Gasteiger partial charge in [0.25, 0.3) is 22.7 Å². The maximum Gasteiger partial charge on any atom is 0.513 e. The lowest BCUT2D eigenvalue weighted by Crippen LogP contribution is -2.61. The van der Waals surface area contributed by atoms with Gasteiger partial charge in [-0.05, 0) is 61.4 Å². The Kier molecular flexibility index (Phi) is 17.1. The van der Waals surface area contributed by atoms with Gasteiger partial charge in [-0.15, -0.1) is 0 Å². The normalized spacial score (nSPS) is 13.5. The second-order valence-electron chi connectivity index (χ2n) is 14.9. The van der Waals surface area contributed by atoms with Crippen LogP contribution in [0.3, 0.4) is 0 Å². The predicted octanol–water partition coefficient (Wildman–Crippen LogP) is 7.41. The molecule has 0 saturated heterocycles. The lowest BCUT2D eigenvalue weighted by atomic mass is 9.60. The van der Waals surface area contributed by atoms with Crippen molar-refractivity contribution in [3.8, 4) is 23.0 Å². The van der Waals surface area contributed by atoms with E-state index in [-0.39, 0.29) is 65.0 Å². The minimum atomic E-state index is -2.03. The minimum absolute atomic E-state index is 0.0633. The van der Waals surface area contributed by atoms with Crippen LogP contribution >= 0.6 is 0 Å². The molecule has 0 unspecified atom stereocenters. The Morgan fingerprint density at radius 2 is 0.714 bits per heavy atom. The number of benzene rings is 4. The van der Waals surface area contributed by atoms with Gasteiger partial charge in [0.2, 0.25) is 0 Å². The molecule has 5 rings (SSSR count). The second kappa shape index (κ2) is 23.3. The lowest BCUT2D eigenvalue weighted by Gasteiger charge is -2.51. The number of ether oxygens (including phenoxy) is 9. The van der Waals surface area contributed by atoms with E-state index in [2.05, 4.69) is 0 Å². The number of nitro groups is 4. The van der Waals surface area contributed by atoms with E-state index < -0.39 is 112 Å². The third kappa shape index (κ3) is 14.5. The van der Waals surface area contributed by atoms with Gasteiger partial charge in [0.1, 0.15) is 55.5 Å². The highest BCUT2D eigenvalue weighted by molar-refractivity contribution is 5.77. The highest BCUT2D eigenvalue weighted by Crippen LogP contribution is 2.50. The maximum atomic E-state index is 13.6. The summed E-state index contributed by atoms with van der Waals surface area (Å²) in [4.78, 5) is 120. The smallest absolute Gasteiger partial charge is 0.481 e. The van der Waals surface area contributed by atoms with Gasteiger partial charge in [-0.25, -0.2) is 19.2 Å². The average Bonchev–Trinajstić information content (AvgIpc) is 3.32. The molecule has 0 radical (unpaired) electrons. The van der Waals surface area contributed by atoms with E-state index in [1.165, 1.54) is 0 Å². The Morgan fingerprint density at radius 3 is 0.943 bits per heavy atom. The summed E-state index contributed by atoms with van der Waals surface area (Å²) in [5, 5.41) is 54.0. The highest BCUT2D eigenvalue weighted by atomic mass is 16.8. The van der Waals surface area contributed by atoms with E-state index in [0.717, 1.165) is 97.1 Å². The van der Waals surface area contributed by atoms with E-state index in [0.29, 0.717) is 0 Å². The van der Waals surface area contributed by atoms with Crippen LogP contribution in [-0.4, -0.2) is 93.9 Å². The summed E-state index contributed by atoms with van der Waals surface area (Å²) in [6.07, 6.45) is -9.93. The molecule has 70 heavy (non-hydrogen) atoms.